The van der Waals surface area contributed by atoms with Gasteiger partial charge < -0.3 is 0 Å². The molecule has 0 aromatic heterocycles. The van der Waals surface area contributed by atoms with E-state index in [-0.39, 0.29) is 0 Å². The summed E-state index contributed by atoms with van der Waals surface area (Å²) < 4.78 is 0. The summed E-state index contributed by atoms with van der Waals surface area (Å²) in [7, 11) is 0. The van der Waals surface area contributed by atoms with Gasteiger partial charge in [0.1, 0.15) is 0 Å². The third kappa shape index (κ3) is 0.627. The summed E-state index contributed by atoms with van der Waals surface area (Å²) in [5.41, 5.74) is 0. The monoisotopic (exact) mass is 138 g/mol. The molecule has 0 spiro atoms. The molecule has 2 aliphatic carbocycles. The minimum absolute atomic E-state index is 1.03. The van der Waals surface area contributed by atoms with Crippen molar-refractivity contribution in [3.05, 3.63) is 0 Å². The molecule has 0 aromatic carbocycles. The van der Waals surface area contributed by atoms with Crippen molar-refractivity contribution in [3.63, 3.8) is 0 Å². The molecule has 0 bridgehead atoms. The molecule has 4 unspecified atom stereocenters. The summed E-state index contributed by atoms with van der Waals surface area (Å²) in [6.07, 6.45) is 3.03. The van der Waals surface area contributed by atoms with Crippen molar-refractivity contribution < 1.29 is 0 Å². The predicted molar refractivity (Wildman–Crippen MR) is 43.7 cm³/mol. The van der Waals surface area contributed by atoms with Crippen molar-refractivity contribution in [1.29, 1.82) is 0 Å². The van der Waals surface area contributed by atoms with Crippen LogP contribution in [-0.2, 0) is 0 Å². The standard InChI is InChI=1S/C10H18/c1-6-4-5-9-7(2)8(3)10(6)9/h6-10H,4-5H2,1-3H3/t6-,7?,8?,9?,10?/m1/s1. The molecule has 0 saturated heterocycles. The molecule has 0 amide bonds. The quantitative estimate of drug-likeness (QED) is 0.483. The van der Waals surface area contributed by atoms with Crippen molar-refractivity contribution in [2.24, 2.45) is 29.6 Å². The maximum atomic E-state index is 2.44. The Morgan fingerprint density at radius 2 is 1.60 bits per heavy atom. The summed E-state index contributed by atoms with van der Waals surface area (Å²) in [5, 5.41) is 0. The first-order chi connectivity index (χ1) is 4.72. The van der Waals surface area contributed by atoms with Crippen LogP contribution >= 0.6 is 0 Å². The maximum absolute atomic E-state index is 2.44. The fourth-order valence-electron chi connectivity index (χ4n) is 3.38. The van der Waals surface area contributed by atoms with Gasteiger partial charge >= 0.3 is 0 Å². The third-order valence-corrected chi connectivity index (χ3v) is 4.22. The van der Waals surface area contributed by atoms with E-state index in [9.17, 15) is 0 Å². The minimum Gasteiger partial charge on any atom is -0.0622 e. The van der Waals surface area contributed by atoms with Crippen molar-refractivity contribution in [2.45, 2.75) is 33.6 Å². The van der Waals surface area contributed by atoms with Crippen molar-refractivity contribution >= 4 is 0 Å². The Labute approximate surface area is 64.0 Å². The van der Waals surface area contributed by atoms with Gasteiger partial charge in [-0.25, -0.2) is 0 Å². The lowest BCUT2D eigenvalue weighted by Crippen LogP contribution is -2.42. The molecule has 2 rings (SSSR count). The number of hydrogen-bond donors (Lipinski definition) is 0. The van der Waals surface area contributed by atoms with E-state index >= 15 is 0 Å². The van der Waals surface area contributed by atoms with Crippen LogP contribution in [0.5, 0.6) is 0 Å². The van der Waals surface area contributed by atoms with Crippen molar-refractivity contribution in [1.82, 2.24) is 0 Å². The van der Waals surface area contributed by atoms with E-state index in [4.69, 9.17) is 0 Å². The van der Waals surface area contributed by atoms with E-state index in [0.717, 1.165) is 29.6 Å². The van der Waals surface area contributed by atoms with E-state index in [0.29, 0.717) is 0 Å². The first-order valence-electron chi connectivity index (χ1n) is 4.72. The molecule has 2 aliphatic rings. The summed E-state index contributed by atoms with van der Waals surface area (Å²) >= 11 is 0. The molecule has 58 valence electrons. The highest BCUT2D eigenvalue weighted by Gasteiger charge is 2.50. The largest absolute Gasteiger partial charge is 0.0622 e. The summed E-state index contributed by atoms with van der Waals surface area (Å²) in [6.45, 7) is 7.31. The second kappa shape index (κ2) is 1.99. The van der Waals surface area contributed by atoms with E-state index in [1.54, 1.807) is 0 Å². The van der Waals surface area contributed by atoms with Gasteiger partial charge in [0.2, 0.25) is 0 Å². The average molecular weight is 138 g/mol. The molecule has 0 nitrogen and oxygen atoms in total. The molecule has 0 aromatic rings. The Morgan fingerprint density at radius 1 is 0.900 bits per heavy atom. The van der Waals surface area contributed by atoms with Crippen LogP contribution in [0.25, 0.3) is 0 Å². The van der Waals surface area contributed by atoms with Gasteiger partial charge in [-0.05, 0) is 36.0 Å². The summed E-state index contributed by atoms with van der Waals surface area (Å²) in [5.74, 6) is 5.33. The molecule has 0 N–H and O–H groups in total. The second-order valence-corrected chi connectivity index (χ2v) is 4.51. The first-order valence-corrected chi connectivity index (χ1v) is 4.72. The third-order valence-electron chi connectivity index (χ3n) is 4.22. The number of fused-ring (bicyclic) bond motifs is 1. The summed E-state index contributed by atoms with van der Waals surface area (Å²) in [6, 6.07) is 0. The molecule has 0 heterocycles. The lowest BCUT2D eigenvalue weighted by atomic mass is 9.58. The van der Waals surface area contributed by atoms with Crippen LogP contribution < -0.4 is 0 Å². The van der Waals surface area contributed by atoms with Gasteiger partial charge in [-0.15, -0.1) is 0 Å². The van der Waals surface area contributed by atoms with E-state index in [1.165, 1.54) is 12.8 Å². The van der Waals surface area contributed by atoms with Crippen LogP contribution in [0, 0.1) is 29.6 Å². The molecular weight excluding hydrogens is 120 g/mol. The second-order valence-electron chi connectivity index (χ2n) is 4.51. The normalized spacial score (nSPS) is 59.7. The van der Waals surface area contributed by atoms with Crippen LogP contribution in [0.4, 0.5) is 0 Å². The molecule has 2 fully saturated rings. The van der Waals surface area contributed by atoms with Gasteiger partial charge in [-0.3, -0.25) is 0 Å². The predicted octanol–water partition coefficient (Wildman–Crippen LogP) is 2.93. The highest BCUT2D eigenvalue weighted by atomic mass is 14.5. The SMILES string of the molecule is CC1C(C)C2C1CC[C@H]2C. The van der Waals surface area contributed by atoms with Crippen LogP contribution in [0.3, 0.4) is 0 Å². The smallest absolute Gasteiger partial charge is 0.0329 e. The number of hydrogen-bond acceptors (Lipinski definition) is 0. The lowest BCUT2D eigenvalue weighted by Gasteiger charge is -2.47. The van der Waals surface area contributed by atoms with E-state index in [2.05, 4.69) is 20.8 Å². The Hall–Kier alpha value is 0. The molecular formula is C10H18. The van der Waals surface area contributed by atoms with Crippen molar-refractivity contribution in [3.8, 4) is 0 Å². The molecule has 0 heteroatoms. The van der Waals surface area contributed by atoms with E-state index < -0.39 is 0 Å². The zero-order valence-electron chi connectivity index (χ0n) is 7.30. The molecule has 5 atom stereocenters. The van der Waals surface area contributed by atoms with Crippen LogP contribution in [0.2, 0.25) is 0 Å². The Kier molecular flexibility index (Phi) is 1.33. The fourth-order valence-corrected chi connectivity index (χ4v) is 3.38. The van der Waals surface area contributed by atoms with Gasteiger partial charge in [0, 0.05) is 0 Å². The lowest BCUT2D eigenvalue weighted by molar-refractivity contribution is 0.00786. The van der Waals surface area contributed by atoms with E-state index in [1.807, 2.05) is 0 Å². The van der Waals surface area contributed by atoms with Gasteiger partial charge in [0.25, 0.3) is 0 Å². The van der Waals surface area contributed by atoms with Crippen LogP contribution in [0.15, 0.2) is 0 Å². The fraction of sp³-hybridized carbons (Fsp3) is 1.00. The number of rotatable bonds is 0. The topological polar surface area (TPSA) is 0 Å². The van der Waals surface area contributed by atoms with Gasteiger partial charge in [0.15, 0.2) is 0 Å². The zero-order chi connectivity index (χ0) is 7.30. The van der Waals surface area contributed by atoms with Crippen molar-refractivity contribution in [2.75, 3.05) is 0 Å². The summed E-state index contributed by atoms with van der Waals surface area (Å²) in [4.78, 5) is 0. The Balaban J connectivity index is 2.09. The first kappa shape index (κ1) is 6.69. The highest BCUT2D eigenvalue weighted by molar-refractivity contribution is 4.98. The highest BCUT2D eigenvalue weighted by Crippen LogP contribution is 2.57. The molecule has 0 aliphatic heterocycles. The molecule has 2 saturated carbocycles. The van der Waals surface area contributed by atoms with Gasteiger partial charge in [-0.1, -0.05) is 27.2 Å². The molecule has 0 radical (unpaired) electrons. The Bertz CT molecular complexity index is 139. The minimum atomic E-state index is 1.03. The Morgan fingerprint density at radius 3 is 2.20 bits per heavy atom. The molecule has 10 heavy (non-hydrogen) atoms. The van der Waals surface area contributed by atoms with Gasteiger partial charge in [-0.2, -0.15) is 0 Å². The zero-order valence-corrected chi connectivity index (χ0v) is 7.30. The van der Waals surface area contributed by atoms with Gasteiger partial charge in [0.05, 0.1) is 0 Å². The van der Waals surface area contributed by atoms with Crippen LogP contribution in [-0.4, -0.2) is 0 Å². The maximum Gasteiger partial charge on any atom is -0.0329 e. The average Bonchev–Trinajstić information content (AvgIpc) is 2.27. The van der Waals surface area contributed by atoms with Crippen LogP contribution in [0.1, 0.15) is 33.6 Å².